The molecule has 1 aromatic carbocycles. The van der Waals surface area contributed by atoms with Crippen LogP contribution in [0.5, 0.6) is 0 Å². The van der Waals surface area contributed by atoms with Crippen LogP contribution in [0.25, 0.3) is 0 Å². The Balaban J connectivity index is 2.91. The quantitative estimate of drug-likeness (QED) is 0.645. The number of hydrogen-bond donors (Lipinski definition) is 1. The molecule has 0 radical (unpaired) electrons. The number of anilines is 1. The van der Waals surface area contributed by atoms with E-state index in [0.29, 0.717) is 16.8 Å². The molecule has 1 atom stereocenters. The van der Waals surface area contributed by atoms with Crippen LogP contribution in [0.3, 0.4) is 0 Å². The molecule has 1 rings (SSSR count). The maximum atomic E-state index is 11.9. The van der Waals surface area contributed by atoms with Crippen LogP contribution < -0.4 is 4.72 Å². The Kier molecular flexibility index (Phi) is 5.83. The molecular weight excluding hydrogens is 302 g/mol. The van der Waals surface area contributed by atoms with Gasteiger partial charge in [-0.2, -0.15) is 0 Å². The molecule has 5 nitrogen and oxygen atoms in total. The highest BCUT2D eigenvalue weighted by atomic mass is 35.5. The molecule has 1 aromatic rings. The van der Waals surface area contributed by atoms with E-state index in [1.165, 1.54) is 13.2 Å². The van der Waals surface area contributed by atoms with Crippen LogP contribution >= 0.6 is 11.6 Å². The maximum Gasteiger partial charge on any atom is 0.337 e. The van der Waals surface area contributed by atoms with Crippen molar-refractivity contribution in [3.8, 4) is 0 Å². The Morgan fingerprint density at radius 3 is 2.60 bits per heavy atom. The average Bonchev–Trinajstić information content (AvgIpc) is 2.39. The van der Waals surface area contributed by atoms with Gasteiger partial charge in [-0.15, -0.1) is 11.6 Å². The number of sulfonamides is 1. The molecule has 1 N–H and O–H groups in total. The first-order valence-corrected chi connectivity index (χ1v) is 8.23. The molecule has 0 spiro atoms. The number of alkyl halides is 1. The van der Waals surface area contributed by atoms with Gasteiger partial charge >= 0.3 is 5.97 Å². The lowest BCUT2D eigenvalue weighted by Crippen LogP contribution is -2.22. The SMILES string of the molecule is COC(=O)c1ccc(NS(=O)(=O)CC(C)CCl)c(C)c1. The van der Waals surface area contributed by atoms with E-state index >= 15 is 0 Å². The van der Waals surface area contributed by atoms with Gasteiger partial charge in [0.1, 0.15) is 0 Å². The van der Waals surface area contributed by atoms with Crippen molar-refractivity contribution in [1.29, 1.82) is 0 Å². The Bertz CT molecular complexity index is 586. The number of ether oxygens (including phenoxy) is 1. The predicted octanol–water partition coefficient (Wildman–Crippen LogP) is 2.40. The number of benzene rings is 1. The van der Waals surface area contributed by atoms with E-state index in [-0.39, 0.29) is 17.6 Å². The van der Waals surface area contributed by atoms with Gasteiger partial charge in [0.25, 0.3) is 0 Å². The molecule has 0 saturated heterocycles. The minimum Gasteiger partial charge on any atom is -0.465 e. The second-order valence-electron chi connectivity index (χ2n) is 4.66. The molecular formula is C13H18ClNO4S. The molecule has 0 bridgehead atoms. The lowest BCUT2D eigenvalue weighted by molar-refractivity contribution is 0.0600. The van der Waals surface area contributed by atoms with Crippen molar-refractivity contribution in [2.45, 2.75) is 13.8 Å². The number of carbonyl (C=O) groups excluding carboxylic acids is 1. The van der Waals surface area contributed by atoms with E-state index in [4.69, 9.17) is 11.6 Å². The van der Waals surface area contributed by atoms with Crippen molar-refractivity contribution < 1.29 is 17.9 Å². The third-order valence-corrected chi connectivity index (χ3v) is 4.75. The van der Waals surface area contributed by atoms with Gasteiger partial charge in [0.15, 0.2) is 0 Å². The summed E-state index contributed by atoms with van der Waals surface area (Å²) < 4.78 is 31.0. The summed E-state index contributed by atoms with van der Waals surface area (Å²) in [4.78, 5) is 11.4. The molecule has 0 aliphatic carbocycles. The van der Waals surface area contributed by atoms with Crippen molar-refractivity contribution in [2.75, 3.05) is 23.5 Å². The van der Waals surface area contributed by atoms with Gasteiger partial charge in [-0.1, -0.05) is 6.92 Å². The van der Waals surface area contributed by atoms with Gasteiger partial charge in [-0.05, 0) is 36.6 Å². The van der Waals surface area contributed by atoms with Crippen LogP contribution in [0.4, 0.5) is 5.69 Å². The van der Waals surface area contributed by atoms with Gasteiger partial charge in [-0.3, -0.25) is 4.72 Å². The lowest BCUT2D eigenvalue weighted by Gasteiger charge is -2.13. The predicted molar refractivity (Wildman–Crippen MR) is 79.8 cm³/mol. The summed E-state index contributed by atoms with van der Waals surface area (Å²) in [6.45, 7) is 3.48. The van der Waals surface area contributed by atoms with E-state index < -0.39 is 16.0 Å². The first-order valence-electron chi connectivity index (χ1n) is 6.04. The number of carbonyl (C=O) groups is 1. The maximum absolute atomic E-state index is 11.9. The Hall–Kier alpha value is -1.27. The van der Waals surface area contributed by atoms with Crippen LogP contribution in [0.15, 0.2) is 18.2 Å². The second kappa shape index (κ2) is 6.95. The summed E-state index contributed by atoms with van der Waals surface area (Å²) >= 11 is 5.62. The fraction of sp³-hybridized carbons (Fsp3) is 0.462. The molecule has 0 aliphatic rings. The van der Waals surface area contributed by atoms with E-state index in [0.717, 1.165) is 0 Å². The highest BCUT2D eigenvalue weighted by Crippen LogP contribution is 2.19. The van der Waals surface area contributed by atoms with Crippen molar-refractivity contribution >= 4 is 33.3 Å². The zero-order chi connectivity index (χ0) is 15.3. The number of esters is 1. The van der Waals surface area contributed by atoms with Crippen LogP contribution in [-0.4, -0.2) is 33.1 Å². The molecule has 0 fully saturated rings. The number of halogens is 1. The molecule has 1 unspecified atom stereocenters. The van der Waals surface area contributed by atoms with Crippen LogP contribution in [0.2, 0.25) is 0 Å². The highest BCUT2D eigenvalue weighted by molar-refractivity contribution is 7.92. The van der Waals surface area contributed by atoms with Gasteiger partial charge in [-0.25, -0.2) is 13.2 Å². The zero-order valence-corrected chi connectivity index (χ0v) is 13.2. The van der Waals surface area contributed by atoms with Crippen molar-refractivity contribution in [3.05, 3.63) is 29.3 Å². The Labute approximate surface area is 124 Å². The summed E-state index contributed by atoms with van der Waals surface area (Å²) in [5.41, 5.74) is 1.47. The minimum absolute atomic E-state index is 0.0469. The minimum atomic E-state index is -3.46. The Morgan fingerprint density at radius 2 is 2.10 bits per heavy atom. The van der Waals surface area contributed by atoms with Crippen molar-refractivity contribution in [1.82, 2.24) is 0 Å². The van der Waals surface area contributed by atoms with E-state index in [1.807, 2.05) is 0 Å². The highest BCUT2D eigenvalue weighted by Gasteiger charge is 2.16. The van der Waals surface area contributed by atoms with E-state index in [2.05, 4.69) is 9.46 Å². The summed E-state index contributed by atoms with van der Waals surface area (Å²) in [5, 5.41) is 0. The average molecular weight is 320 g/mol. The number of hydrogen-bond acceptors (Lipinski definition) is 4. The van der Waals surface area contributed by atoms with Gasteiger partial charge in [0.05, 0.1) is 24.1 Å². The van der Waals surface area contributed by atoms with Gasteiger partial charge in [0.2, 0.25) is 10.0 Å². The molecule has 0 amide bonds. The first kappa shape index (κ1) is 16.8. The number of methoxy groups -OCH3 is 1. The van der Waals surface area contributed by atoms with Crippen LogP contribution in [0.1, 0.15) is 22.8 Å². The number of rotatable bonds is 6. The molecule has 20 heavy (non-hydrogen) atoms. The molecule has 112 valence electrons. The monoisotopic (exact) mass is 319 g/mol. The van der Waals surface area contributed by atoms with Crippen molar-refractivity contribution in [2.24, 2.45) is 5.92 Å². The summed E-state index contributed by atoms with van der Waals surface area (Å²) in [5.74, 6) is -0.363. The molecule has 0 aromatic heterocycles. The first-order chi connectivity index (χ1) is 9.29. The number of nitrogens with one attached hydrogen (secondary N) is 1. The third-order valence-electron chi connectivity index (χ3n) is 2.68. The lowest BCUT2D eigenvalue weighted by atomic mass is 10.1. The van der Waals surface area contributed by atoms with Crippen LogP contribution in [-0.2, 0) is 14.8 Å². The summed E-state index contributed by atoms with van der Waals surface area (Å²) in [6.07, 6.45) is 0. The van der Waals surface area contributed by atoms with Gasteiger partial charge < -0.3 is 4.74 Å². The molecule has 0 heterocycles. The molecule has 7 heteroatoms. The topological polar surface area (TPSA) is 72.5 Å². The van der Waals surface area contributed by atoms with Gasteiger partial charge in [0, 0.05) is 5.88 Å². The van der Waals surface area contributed by atoms with E-state index in [1.54, 1.807) is 26.0 Å². The number of aryl methyl sites for hydroxylation is 1. The zero-order valence-electron chi connectivity index (χ0n) is 11.6. The molecule has 0 aliphatic heterocycles. The normalized spacial score (nSPS) is 12.8. The second-order valence-corrected chi connectivity index (χ2v) is 6.74. The van der Waals surface area contributed by atoms with Crippen molar-refractivity contribution in [3.63, 3.8) is 0 Å². The van der Waals surface area contributed by atoms with E-state index in [9.17, 15) is 13.2 Å². The molecule has 0 saturated carbocycles. The third kappa shape index (κ3) is 4.68. The summed E-state index contributed by atoms with van der Waals surface area (Å²) in [6, 6.07) is 4.64. The smallest absolute Gasteiger partial charge is 0.337 e. The largest absolute Gasteiger partial charge is 0.465 e. The fourth-order valence-corrected chi connectivity index (χ4v) is 3.40. The standard InChI is InChI=1S/C13H18ClNO4S/c1-9(7-14)8-20(17,18)15-12-5-4-11(6-10(12)2)13(16)19-3/h4-6,9,15H,7-8H2,1-3H3. The Morgan fingerprint density at radius 1 is 1.45 bits per heavy atom. The van der Waals surface area contributed by atoms with Crippen LogP contribution in [0, 0.1) is 12.8 Å². The fourth-order valence-electron chi connectivity index (χ4n) is 1.65. The summed E-state index contributed by atoms with van der Waals surface area (Å²) in [7, 11) is -2.16.